The fourth-order valence-corrected chi connectivity index (χ4v) is 3.61. The number of hydrogen-bond acceptors (Lipinski definition) is 3. The van der Waals surface area contributed by atoms with Crippen LogP contribution in [-0.2, 0) is 16.6 Å². The molecule has 19 heavy (non-hydrogen) atoms. The van der Waals surface area contributed by atoms with E-state index in [1.807, 2.05) is 0 Å². The Balaban J connectivity index is 2.29. The van der Waals surface area contributed by atoms with Gasteiger partial charge in [0.1, 0.15) is 16.5 Å². The van der Waals surface area contributed by atoms with E-state index in [2.05, 4.69) is 20.7 Å². The Kier molecular flexibility index (Phi) is 4.02. The summed E-state index contributed by atoms with van der Waals surface area (Å²) in [5.74, 6) is -2.02. The van der Waals surface area contributed by atoms with Crippen LogP contribution in [0.15, 0.2) is 44.5 Å². The van der Waals surface area contributed by atoms with Gasteiger partial charge in [-0.3, -0.25) is 0 Å². The van der Waals surface area contributed by atoms with E-state index < -0.39 is 26.6 Å². The molecule has 0 fully saturated rings. The number of furan rings is 1. The van der Waals surface area contributed by atoms with Gasteiger partial charge in [0.05, 0.1) is 12.5 Å². The van der Waals surface area contributed by atoms with Crippen molar-refractivity contribution in [3.05, 3.63) is 52.4 Å². The molecule has 0 aliphatic carbocycles. The molecule has 0 spiro atoms. The largest absolute Gasteiger partial charge is 0.472 e. The fourth-order valence-electron chi connectivity index (χ4n) is 1.43. The van der Waals surface area contributed by atoms with Gasteiger partial charge < -0.3 is 4.42 Å². The minimum Gasteiger partial charge on any atom is -0.472 e. The van der Waals surface area contributed by atoms with E-state index >= 15 is 0 Å². The molecule has 0 radical (unpaired) electrons. The van der Waals surface area contributed by atoms with Crippen LogP contribution in [0.1, 0.15) is 5.56 Å². The highest BCUT2D eigenvalue weighted by atomic mass is 79.9. The third-order valence-corrected chi connectivity index (χ3v) is 4.64. The molecule has 4 nitrogen and oxygen atoms in total. The van der Waals surface area contributed by atoms with Gasteiger partial charge >= 0.3 is 0 Å². The first-order valence-corrected chi connectivity index (χ1v) is 7.33. The number of halogens is 3. The van der Waals surface area contributed by atoms with Crippen molar-refractivity contribution in [2.24, 2.45) is 0 Å². The average Bonchev–Trinajstić information content (AvgIpc) is 2.77. The summed E-state index contributed by atoms with van der Waals surface area (Å²) in [7, 11) is -4.09. The van der Waals surface area contributed by atoms with E-state index in [4.69, 9.17) is 4.42 Å². The van der Waals surface area contributed by atoms with Gasteiger partial charge in [-0.15, -0.1) is 0 Å². The van der Waals surface area contributed by atoms with Crippen LogP contribution >= 0.6 is 15.9 Å². The standard InChI is InChI=1S/C11H8BrF2NO3S/c12-9-3-8(13)4-10(14)11(9)19(16,17)15-5-7-1-2-18-6-7/h1-4,6,15H,5H2. The summed E-state index contributed by atoms with van der Waals surface area (Å²) >= 11 is 2.83. The molecular formula is C11H8BrF2NO3S. The molecular weight excluding hydrogens is 344 g/mol. The highest BCUT2D eigenvalue weighted by Gasteiger charge is 2.23. The van der Waals surface area contributed by atoms with Crippen LogP contribution in [0, 0.1) is 11.6 Å². The molecule has 2 aromatic rings. The van der Waals surface area contributed by atoms with E-state index in [0.29, 0.717) is 11.6 Å². The van der Waals surface area contributed by atoms with Crippen molar-refractivity contribution in [1.82, 2.24) is 4.72 Å². The summed E-state index contributed by atoms with van der Waals surface area (Å²) in [5.41, 5.74) is 0.585. The Hall–Kier alpha value is -1.25. The van der Waals surface area contributed by atoms with E-state index in [9.17, 15) is 17.2 Å². The van der Waals surface area contributed by atoms with Crippen molar-refractivity contribution < 1.29 is 21.6 Å². The van der Waals surface area contributed by atoms with Crippen LogP contribution in [0.4, 0.5) is 8.78 Å². The molecule has 102 valence electrons. The molecule has 0 saturated carbocycles. The number of rotatable bonds is 4. The molecule has 0 bridgehead atoms. The monoisotopic (exact) mass is 351 g/mol. The highest BCUT2D eigenvalue weighted by molar-refractivity contribution is 9.10. The molecule has 0 atom stereocenters. The van der Waals surface area contributed by atoms with Gasteiger partial charge in [0.25, 0.3) is 0 Å². The molecule has 0 saturated heterocycles. The summed E-state index contributed by atoms with van der Waals surface area (Å²) < 4.78 is 57.2. The molecule has 1 N–H and O–H groups in total. The third-order valence-electron chi connectivity index (χ3n) is 2.28. The normalized spacial score (nSPS) is 11.7. The lowest BCUT2D eigenvalue weighted by Gasteiger charge is -2.08. The Morgan fingerprint density at radius 3 is 2.63 bits per heavy atom. The molecule has 0 unspecified atom stereocenters. The molecule has 8 heteroatoms. The molecule has 0 aliphatic rings. The first-order chi connectivity index (χ1) is 8.90. The summed E-state index contributed by atoms with van der Waals surface area (Å²) in [6, 6.07) is 2.96. The lowest BCUT2D eigenvalue weighted by atomic mass is 10.3. The van der Waals surface area contributed by atoms with Gasteiger partial charge in [-0.1, -0.05) is 0 Å². The van der Waals surface area contributed by atoms with Crippen LogP contribution in [0.2, 0.25) is 0 Å². The second-order valence-electron chi connectivity index (χ2n) is 3.65. The second-order valence-corrected chi connectivity index (χ2v) is 6.21. The maximum Gasteiger partial charge on any atom is 0.244 e. The van der Waals surface area contributed by atoms with Gasteiger partial charge in [0.2, 0.25) is 10.0 Å². The van der Waals surface area contributed by atoms with Crippen LogP contribution in [-0.4, -0.2) is 8.42 Å². The Labute approximate surface area is 116 Å². The van der Waals surface area contributed by atoms with Crippen molar-refractivity contribution in [3.8, 4) is 0 Å². The summed E-state index contributed by atoms with van der Waals surface area (Å²) in [5, 5.41) is 0. The maximum atomic E-state index is 13.6. The van der Waals surface area contributed by atoms with Crippen molar-refractivity contribution in [2.45, 2.75) is 11.4 Å². The van der Waals surface area contributed by atoms with Gasteiger partial charge in [-0.25, -0.2) is 21.9 Å². The predicted molar refractivity (Wildman–Crippen MR) is 66.8 cm³/mol. The van der Waals surface area contributed by atoms with Crippen molar-refractivity contribution in [3.63, 3.8) is 0 Å². The lowest BCUT2D eigenvalue weighted by Crippen LogP contribution is -2.24. The average molecular weight is 352 g/mol. The van der Waals surface area contributed by atoms with E-state index in [-0.39, 0.29) is 11.0 Å². The number of hydrogen-bond donors (Lipinski definition) is 1. The minimum atomic E-state index is -4.09. The highest BCUT2D eigenvalue weighted by Crippen LogP contribution is 2.26. The molecule has 1 aromatic carbocycles. The number of benzene rings is 1. The SMILES string of the molecule is O=S(=O)(NCc1ccoc1)c1c(F)cc(F)cc1Br. The lowest BCUT2D eigenvalue weighted by molar-refractivity contribution is 0.539. The van der Waals surface area contributed by atoms with Gasteiger partial charge in [-0.2, -0.15) is 0 Å². The molecule has 0 aliphatic heterocycles. The number of nitrogens with one attached hydrogen (secondary N) is 1. The van der Waals surface area contributed by atoms with Gasteiger partial charge in [0, 0.05) is 22.6 Å². The fraction of sp³-hybridized carbons (Fsp3) is 0.0909. The molecule has 0 amide bonds. The third kappa shape index (κ3) is 3.20. The van der Waals surface area contributed by atoms with Crippen molar-refractivity contribution in [2.75, 3.05) is 0 Å². The quantitative estimate of drug-likeness (QED) is 0.921. The van der Waals surface area contributed by atoms with Crippen LogP contribution in [0.25, 0.3) is 0 Å². The van der Waals surface area contributed by atoms with Gasteiger partial charge in [-0.05, 0) is 28.1 Å². The van der Waals surface area contributed by atoms with E-state index in [1.54, 1.807) is 6.07 Å². The molecule has 1 heterocycles. The van der Waals surface area contributed by atoms with Crippen LogP contribution in [0.3, 0.4) is 0 Å². The summed E-state index contributed by atoms with van der Waals surface area (Å²) in [4.78, 5) is -0.627. The smallest absolute Gasteiger partial charge is 0.244 e. The molecule has 2 rings (SSSR count). The zero-order valence-corrected chi connectivity index (χ0v) is 11.8. The first kappa shape index (κ1) is 14.2. The second kappa shape index (κ2) is 5.40. The topological polar surface area (TPSA) is 59.3 Å². The van der Waals surface area contributed by atoms with Gasteiger partial charge in [0.15, 0.2) is 0 Å². The Morgan fingerprint density at radius 2 is 2.05 bits per heavy atom. The Bertz CT molecular complexity index is 663. The van der Waals surface area contributed by atoms with Crippen molar-refractivity contribution in [1.29, 1.82) is 0 Å². The minimum absolute atomic E-state index is 0.0535. The first-order valence-electron chi connectivity index (χ1n) is 5.05. The predicted octanol–water partition coefficient (Wildman–Crippen LogP) is 2.80. The zero-order valence-electron chi connectivity index (χ0n) is 9.36. The zero-order chi connectivity index (χ0) is 14.0. The summed E-state index contributed by atoms with van der Waals surface area (Å²) in [6.45, 7) is -0.0535. The van der Waals surface area contributed by atoms with Crippen LogP contribution in [0.5, 0.6) is 0 Å². The van der Waals surface area contributed by atoms with Crippen molar-refractivity contribution >= 4 is 26.0 Å². The number of sulfonamides is 1. The molecule has 1 aromatic heterocycles. The Morgan fingerprint density at radius 1 is 1.32 bits per heavy atom. The summed E-state index contributed by atoms with van der Waals surface area (Å²) in [6.07, 6.45) is 2.75. The van der Waals surface area contributed by atoms with E-state index in [0.717, 1.165) is 6.07 Å². The van der Waals surface area contributed by atoms with E-state index in [1.165, 1.54) is 12.5 Å². The van der Waals surface area contributed by atoms with Crippen LogP contribution < -0.4 is 4.72 Å². The maximum absolute atomic E-state index is 13.6.